The smallest absolute Gasteiger partial charge is 0.870 e. The van der Waals surface area contributed by atoms with E-state index in [2.05, 4.69) is 10.3 Å². The van der Waals surface area contributed by atoms with Crippen LogP contribution in [0.15, 0.2) is 248 Å². The van der Waals surface area contributed by atoms with Crippen LogP contribution in [-0.2, 0) is 63.5 Å². The van der Waals surface area contributed by atoms with Crippen molar-refractivity contribution in [3.05, 3.63) is 377 Å². The second-order valence-corrected chi connectivity index (χ2v) is 31.3. The van der Waals surface area contributed by atoms with Crippen molar-refractivity contribution < 1.29 is 132 Å². The van der Waals surface area contributed by atoms with Gasteiger partial charge in [-0.15, -0.1) is 17.2 Å². The van der Waals surface area contributed by atoms with Crippen LogP contribution in [0.2, 0.25) is 12.1 Å². The van der Waals surface area contributed by atoms with Crippen LogP contribution in [0.1, 0.15) is 152 Å². The van der Waals surface area contributed by atoms with E-state index in [0.29, 0.717) is 126 Å². The summed E-state index contributed by atoms with van der Waals surface area (Å²) in [5, 5.41) is 66.4. The Morgan fingerprint density at radius 2 is 0.700 bits per heavy atom. The zero-order valence-electron chi connectivity index (χ0n) is 68.0. The van der Waals surface area contributed by atoms with E-state index in [9.17, 15) is 69.7 Å². The van der Waals surface area contributed by atoms with Crippen molar-refractivity contribution >= 4 is 76.7 Å². The maximum Gasteiger partial charge on any atom is 1.00 e. The number of non-ortho nitro benzene ring substituents is 5. The summed E-state index contributed by atoms with van der Waals surface area (Å²) in [6.07, 6.45) is 8.30. The van der Waals surface area contributed by atoms with Gasteiger partial charge >= 0.3 is 75.0 Å². The Balaban J connectivity index is 0.000000321. The number of carboxylic acids is 1. The number of benzene rings is 10. The number of carbonyl (C=O) groups is 3. The van der Waals surface area contributed by atoms with Crippen molar-refractivity contribution in [3.8, 4) is 0 Å². The summed E-state index contributed by atoms with van der Waals surface area (Å²) in [4.78, 5) is 102. The Morgan fingerprint density at radius 3 is 1.04 bits per heavy atom. The number of aldehydes is 1. The predicted octanol–water partition coefficient (Wildman–Crippen LogP) is 14.7. The first-order valence-corrected chi connectivity index (χ1v) is 42.1. The molecule has 32 heteroatoms. The van der Waals surface area contributed by atoms with Crippen LogP contribution in [-0.4, -0.2) is 136 Å². The van der Waals surface area contributed by atoms with Crippen molar-refractivity contribution in [1.29, 1.82) is 0 Å². The number of aliphatic imine (C=N–C) groups is 1. The van der Waals surface area contributed by atoms with Crippen LogP contribution in [0.4, 0.5) is 28.4 Å². The van der Waals surface area contributed by atoms with Crippen LogP contribution in [0.3, 0.4) is 0 Å². The molecule has 0 aromatic heterocycles. The van der Waals surface area contributed by atoms with Gasteiger partial charge in [0.25, 0.3) is 28.7 Å². The van der Waals surface area contributed by atoms with E-state index in [-0.39, 0.29) is 107 Å². The zero-order chi connectivity index (χ0) is 85.7. The molecule has 10 aromatic carbocycles. The number of carbonyl (C=O) groups excluding carboxylic acids is 3. The normalized spacial score (nSPS) is 10.7. The summed E-state index contributed by atoms with van der Waals surface area (Å²) in [6.45, 7) is 15.6. The molecular formula is C88H97KN7O22Si2-. The Morgan fingerprint density at radius 1 is 0.408 bits per heavy atom. The van der Waals surface area contributed by atoms with Gasteiger partial charge in [-0.05, 0) is 137 Å². The molecule has 0 fully saturated rings. The number of hydrogen-bond acceptors (Lipinski definition) is 22. The number of carboxylic acid groups (broad SMARTS) is 1. The third-order valence-corrected chi connectivity index (χ3v) is 23.9. The van der Waals surface area contributed by atoms with E-state index in [1.54, 1.807) is 42.8 Å². The molecular weight excluding hydrogens is 1600 g/mol. The van der Waals surface area contributed by atoms with Gasteiger partial charge < -0.3 is 47.3 Å². The van der Waals surface area contributed by atoms with Gasteiger partial charge in [0, 0.05) is 141 Å². The van der Waals surface area contributed by atoms with Gasteiger partial charge in [-0.3, -0.25) is 65.2 Å². The number of nitrogens with zero attached hydrogens (tertiary/aromatic N) is 6. The quantitative estimate of drug-likeness (QED) is 0.00685. The molecule has 626 valence electrons. The number of rotatable bonds is 40. The maximum absolute atomic E-state index is 12.9. The van der Waals surface area contributed by atoms with Crippen LogP contribution in [0.25, 0.3) is 0 Å². The monoisotopic (exact) mass is 1700 g/mol. The van der Waals surface area contributed by atoms with E-state index in [0.717, 1.165) is 68.1 Å². The molecule has 0 spiro atoms. The van der Waals surface area contributed by atoms with Gasteiger partial charge in [0.1, 0.15) is 0 Å². The third-order valence-electron chi connectivity index (χ3n) is 17.6. The Hall–Kier alpha value is -11.1. The largest absolute Gasteiger partial charge is 1.00 e. The van der Waals surface area contributed by atoms with Crippen LogP contribution < -0.4 is 56.7 Å². The summed E-state index contributed by atoms with van der Waals surface area (Å²) < 4.78 is 35.1. The zero-order valence-corrected chi connectivity index (χ0v) is 73.1. The fourth-order valence-electron chi connectivity index (χ4n) is 12.2. The minimum absolute atomic E-state index is 0. The minimum Gasteiger partial charge on any atom is -0.870 e. The molecule has 0 heterocycles. The summed E-state index contributed by atoms with van der Waals surface area (Å²) in [7, 11) is -5.45. The molecule has 0 saturated carbocycles. The summed E-state index contributed by atoms with van der Waals surface area (Å²) in [5.41, 5.74) is 10.3. The Labute approximate surface area is 741 Å². The molecule has 0 radical (unpaired) electrons. The predicted molar refractivity (Wildman–Crippen MR) is 456 cm³/mol. The number of nitro groups is 5. The second-order valence-electron chi connectivity index (χ2n) is 25.9. The molecule has 0 unspecified atom stereocenters. The maximum atomic E-state index is 12.9. The summed E-state index contributed by atoms with van der Waals surface area (Å²) in [5.74, 6) is -1.49. The first-order chi connectivity index (χ1) is 57.0. The number of aromatic carboxylic acids is 1. The average molecular weight is 1700 g/mol. The van der Waals surface area contributed by atoms with Crippen molar-refractivity contribution in [2.75, 3.05) is 52.7 Å². The van der Waals surface area contributed by atoms with E-state index < -0.39 is 43.3 Å². The molecule has 0 aliphatic heterocycles. The van der Waals surface area contributed by atoms with Gasteiger partial charge in [-0.25, -0.2) is 4.79 Å². The van der Waals surface area contributed by atoms with Gasteiger partial charge in [0.05, 0.1) is 31.5 Å². The third kappa shape index (κ3) is 34.3. The van der Waals surface area contributed by atoms with E-state index >= 15 is 0 Å². The van der Waals surface area contributed by atoms with Gasteiger partial charge in [-0.1, -0.05) is 188 Å². The molecule has 29 nitrogen and oxygen atoms in total. The number of amides is 1. The van der Waals surface area contributed by atoms with Gasteiger partial charge in [0.2, 0.25) is 5.69 Å². The number of hydrogen-bond donors (Lipinski definition) is 2. The van der Waals surface area contributed by atoms with E-state index in [1.807, 2.05) is 199 Å². The molecule has 10 aromatic rings. The van der Waals surface area contributed by atoms with Crippen LogP contribution >= 0.6 is 0 Å². The first-order valence-electron chi connectivity index (χ1n) is 38.2. The molecule has 0 aliphatic rings. The molecule has 0 saturated heterocycles. The number of nitrogens with one attached hydrogen (secondary N) is 1. The molecule has 120 heavy (non-hydrogen) atoms. The second kappa shape index (κ2) is 54.9. The van der Waals surface area contributed by atoms with Gasteiger partial charge in [-0.2, -0.15) is 0 Å². The van der Waals surface area contributed by atoms with E-state index in [4.69, 9.17) is 31.7 Å². The molecule has 0 bridgehead atoms. The molecule has 3 N–H and O–H groups in total. The fourth-order valence-corrected chi connectivity index (χ4v) is 17.4. The Kier molecular flexibility index (Phi) is 46.3. The van der Waals surface area contributed by atoms with Crippen molar-refractivity contribution in [3.63, 3.8) is 0 Å². The SMILES string of the molecule is CCO[Si](CCCN=Cc1cc([N+](=O)[O-])ccc1Cc1ccccc1)(OCC)OCC.CCO[Si](CCCNC(=O)c1cc([N+](=O)[O-])ccc1Cc1ccccc1)(OCC)OCC.O=C(O)c1cc([N+](=O)[O-])ccc1Cc1ccccc1.O=Cc1cc([N+](=O)[O-])ccc1Cc1ccccc1.O=[C-]c1cc([N+](=O)[O-])ccc1Cc1ccccc1.[K+].[OH-]. The van der Waals surface area contributed by atoms with Crippen LogP contribution in [0.5, 0.6) is 0 Å². The molecule has 10 rings (SSSR count). The van der Waals surface area contributed by atoms with Crippen LogP contribution in [0, 0.1) is 50.6 Å². The molecule has 0 atom stereocenters. The molecule has 1 amide bonds. The van der Waals surface area contributed by atoms with Crippen molar-refractivity contribution in [1.82, 2.24) is 5.32 Å². The Bertz CT molecular complexity index is 4790. The standard InChI is InChI=1S/C23H32N2O6Si.C23H32N2O5Si.C14H11NO4.C14H11NO3.C14H10NO3.K.H2O/c1-4-29-32(30-5-2,31-6-3)16-10-15-24-23(26)22-18-21(25(27)28)14-13-20(22)17-19-11-8-7-9-12-19;1-4-28-31(29-5-2,30-6-3)16-10-15-24-19-22-18-23(25(26)27)14-13-21(22)17-20-11-8-7-9-12-20;16-14(17)13-9-12(15(18)19)7-6-11(13)8-10-4-2-1-3-5-10;2*16-10-13-9-14(15(17)18)7-6-12(13)8-11-4-2-1-3-5-11;;/h7-9,11-14,18H,4-6,10,15-17H2,1-3H3,(H,24,26);7-9,11-14,18-19H,4-6,10,15-17H2,1-3H3;1-7,9H,8H2,(H,16,17);1-7,9-10H,8H2;1-7,9H,8H2;;1H2/q;;;;-1;+1;/p-1. The summed E-state index contributed by atoms with van der Waals surface area (Å²) in [6, 6.07) is 71.5. The topological polar surface area (TPSA) is 414 Å². The average Bonchev–Trinajstić information content (AvgIpc) is 0.514. The van der Waals surface area contributed by atoms with E-state index in [1.165, 1.54) is 48.5 Å². The van der Waals surface area contributed by atoms with Crippen molar-refractivity contribution in [2.24, 2.45) is 4.99 Å². The summed E-state index contributed by atoms with van der Waals surface area (Å²) >= 11 is 0. The molecule has 0 aliphatic carbocycles. The first kappa shape index (κ1) is 101. The fraction of sp³-hybridized carbons (Fsp3) is 0.261. The van der Waals surface area contributed by atoms with Gasteiger partial charge in [0.15, 0.2) is 6.29 Å². The number of nitro benzene ring substituents is 5. The van der Waals surface area contributed by atoms with Crippen molar-refractivity contribution in [2.45, 2.75) is 98.6 Å². The minimum atomic E-state index is -2.77.